The van der Waals surface area contributed by atoms with Gasteiger partial charge in [-0.05, 0) is 23.4 Å². The summed E-state index contributed by atoms with van der Waals surface area (Å²) in [6.07, 6.45) is -1.86. The number of carbonyl (C=O) groups is 2. The van der Waals surface area contributed by atoms with E-state index >= 15 is 0 Å². The second-order valence-electron chi connectivity index (χ2n) is 3.69. The molecule has 100 valence electrons. The Bertz CT molecular complexity index is 429. The van der Waals surface area contributed by atoms with E-state index < -0.39 is 18.2 Å². The molecule has 0 saturated carbocycles. The molecule has 0 spiro atoms. The fraction of sp³-hybridized carbons (Fsp3) is 0.455. The summed E-state index contributed by atoms with van der Waals surface area (Å²) in [7, 11) is 0. The van der Waals surface area contributed by atoms with Crippen molar-refractivity contribution < 1.29 is 24.9 Å². The Hall–Kier alpha value is -0.890. The molecule has 0 aliphatic rings. The van der Waals surface area contributed by atoms with Gasteiger partial charge in [0.1, 0.15) is 11.0 Å². The lowest BCUT2D eigenvalue weighted by atomic mass is 10.1. The topological polar surface area (TPSA) is 94.8 Å². The Labute approximate surface area is 112 Å². The van der Waals surface area contributed by atoms with Crippen LogP contribution in [0.4, 0.5) is 0 Å². The molecule has 0 amide bonds. The number of thioether (sulfide) groups is 1. The zero-order valence-corrected chi connectivity index (χ0v) is 11.3. The monoisotopic (exact) mass is 290 g/mol. The Kier molecular flexibility index (Phi) is 5.80. The van der Waals surface area contributed by atoms with Crippen LogP contribution >= 0.6 is 23.1 Å². The Morgan fingerprint density at radius 3 is 2.61 bits per heavy atom. The van der Waals surface area contributed by atoms with Crippen LogP contribution in [0, 0.1) is 0 Å². The number of carboxylic acids is 1. The fourth-order valence-electron chi connectivity index (χ4n) is 1.32. The number of thiophene rings is 1. The average molecular weight is 290 g/mol. The molecule has 0 saturated heterocycles. The third-order valence-corrected chi connectivity index (χ3v) is 4.04. The van der Waals surface area contributed by atoms with Crippen molar-refractivity contribution in [2.24, 2.45) is 0 Å². The molecule has 1 aromatic rings. The van der Waals surface area contributed by atoms with E-state index in [4.69, 9.17) is 5.11 Å². The van der Waals surface area contributed by atoms with Gasteiger partial charge in [0.25, 0.3) is 0 Å². The number of aliphatic hydroxyl groups excluding tert-OH is 2. The molecule has 1 heterocycles. The lowest BCUT2D eigenvalue weighted by Gasteiger charge is -2.16. The molecule has 0 aromatic carbocycles. The number of hydrogen-bond donors (Lipinski definition) is 3. The molecule has 2 unspecified atom stereocenters. The van der Waals surface area contributed by atoms with Gasteiger partial charge in [-0.2, -0.15) is 0 Å². The Morgan fingerprint density at radius 2 is 2.11 bits per heavy atom. The van der Waals surface area contributed by atoms with Crippen molar-refractivity contribution in [3.63, 3.8) is 0 Å². The SMILES string of the molecule is CC(=O)SCCC(O)C(O)c1csc(C(=O)O)c1. The molecule has 0 bridgehead atoms. The lowest BCUT2D eigenvalue weighted by Crippen LogP contribution is -2.18. The standard InChI is InChI=1S/C11H14O5S2/c1-6(12)17-3-2-8(13)10(14)7-4-9(11(15)16)18-5-7/h4-5,8,10,13-14H,2-3H2,1H3,(H,15,16). The number of aliphatic hydroxyl groups is 2. The van der Waals surface area contributed by atoms with Gasteiger partial charge in [0, 0.05) is 12.7 Å². The molecule has 0 aliphatic heterocycles. The van der Waals surface area contributed by atoms with Gasteiger partial charge in [-0.3, -0.25) is 4.79 Å². The Balaban J connectivity index is 2.53. The predicted octanol–water partition coefficient (Wildman–Crippen LogP) is 1.51. The summed E-state index contributed by atoms with van der Waals surface area (Å²) in [6.45, 7) is 1.44. The summed E-state index contributed by atoms with van der Waals surface area (Å²) in [5.74, 6) is -0.635. The highest BCUT2D eigenvalue weighted by molar-refractivity contribution is 8.13. The summed E-state index contributed by atoms with van der Waals surface area (Å²) in [5, 5.41) is 29.7. The van der Waals surface area contributed by atoms with Gasteiger partial charge >= 0.3 is 5.97 Å². The number of aromatic carboxylic acids is 1. The van der Waals surface area contributed by atoms with Crippen LogP contribution in [0.2, 0.25) is 0 Å². The molecule has 0 radical (unpaired) electrons. The van der Waals surface area contributed by atoms with Gasteiger partial charge in [0.2, 0.25) is 0 Å². The van der Waals surface area contributed by atoms with Crippen molar-refractivity contribution in [3.8, 4) is 0 Å². The number of rotatable bonds is 6. The van der Waals surface area contributed by atoms with E-state index in [0.29, 0.717) is 11.3 Å². The minimum atomic E-state index is -1.12. The first-order valence-corrected chi connectivity index (χ1v) is 7.09. The molecule has 0 aliphatic carbocycles. The van der Waals surface area contributed by atoms with E-state index in [9.17, 15) is 19.8 Å². The largest absolute Gasteiger partial charge is 0.477 e. The molecule has 0 fully saturated rings. The van der Waals surface area contributed by atoms with Crippen LogP contribution in [-0.2, 0) is 4.79 Å². The zero-order chi connectivity index (χ0) is 13.7. The van der Waals surface area contributed by atoms with Crippen molar-refractivity contribution >= 4 is 34.2 Å². The van der Waals surface area contributed by atoms with E-state index in [1.807, 2.05) is 0 Å². The lowest BCUT2D eigenvalue weighted by molar-refractivity contribution is -0.109. The van der Waals surface area contributed by atoms with E-state index in [0.717, 1.165) is 23.1 Å². The van der Waals surface area contributed by atoms with Crippen LogP contribution in [0.1, 0.15) is 34.7 Å². The maximum atomic E-state index is 10.7. The molecule has 3 N–H and O–H groups in total. The quantitative estimate of drug-likeness (QED) is 0.735. The van der Waals surface area contributed by atoms with E-state index in [1.54, 1.807) is 0 Å². The minimum absolute atomic E-state index is 0.0413. The van der Waals surface area contributed by atoms with Crippen molar-refractivity contribution in [2.75, 3.05) is 5.75 Å². The highest BCUT2D eigenvalue weighted by atomic mass is 32.2. The van der Waals surface area contributed by atoms with E-state index in [1.165, 1.54) is 18.4 Å². The summed E-state index contributed by atoms with van der Waals surface area (Å²) in [6, 6.07) is 1.35. The van der Waals surface area contributed by atoms with Gasteiger partial charge in [-0.25, -0.2) is 4.79 Å². The van der Waals surface area contributed by atoms with Crippen LogP contribution in [0.15, 0.2) is 11.4 Å². The number of carboxylic acid groups (broad SMARTS) is 1. The number of hydrogen-bond acceptors (Lipinski definition) is 6. The zero-order valence-electron chi connectivity index (χ0n) is 9.70. The predicted molar refractivity (Wildman–Crippen MR) is 70.0 cm³/mol. The summed E-state index contributed by atoms with van der Waals surface area (Å²) >= 11 is 2.08. The molecular weight excluding hydrogens is 276 g/mol. The molecule has 1 aromatic heterocycles. The van der Waals surface area contributed by atoms with Gasteiger partial charge in [-0.1, -0.05) is 11.8 Å². The minimum Gasteiger partial charge on any atom is -0.477 e. The third kappa shape index (κ3) is 4.41. The van der Waals surface area contributed by atoms with E-state index in [2.05, 4.69) is 0 Å². The maximum Gasteiger partial charge on any atom is 0.345 e. The normalized spacial score (nSPS) is 14.2. The molecule has 5 nitrogen and oxygen atoms in total. The summed E-state index contributed by atoms with van der Waals surface area (Å²) < 4.78 is 0. The van der Waals surface area contributed by atoms with E-state index in [-0.39, 0.29) is 16.4 Å². The molecule has 18 heavy (non-hydrogen) atoms. The van der Waals surface area contributed by atoms with Crippen LogP contribution in [-0.4, -0.2) is 38.3 Å². The van der Waals surface area contributed by atoms with Gasteiger partial charge in [-0.15, -0.1) is 11.3 Å². The van der Waals surface area contributed by atoms with Gasteiger partial charge < -0.3 is 15.3 Å². The second kappa shape index (κ2) is 6.89. The van der Waals surface area contributed by atoms with Gasteiger partial charge in [0.05, 0.1) is 6.10 Å². The highest BCUT2D eigenvalue weighted by Crippen LogP contribution is 2.25. The highest BCUT2D eigenvalue weighted by Gasteiger charge is 2.20. The maximum absolute atomic E-state index is 10.7. The first-order valence-electron chi connectivity index (χ1n) is 5.23. The number of carbonyl (C=O) groups excluding carboxylic acids is 1. The first-order chi connectivity index (χ1) is 8.41. The fourth-order valence-corrected chi connectivity index (χ4v) is 2.74. The van der Waals surface area contributed by atoms with Crippen molar-refractivity contribution in [1.29, 1.82) is 0 Å². The first kappa shape index (κ1) is 15.2. The smallest absolute Gasteiger partial charge is 0.345 e. The molecule has 2 atom stereocenters. The van der Waals surface area contributed by atoms with Crippen molar-refractivity contribution in [3.05, 3.63) is 21.9 Å². The van der Waals surface area contributed by atoms with Crippen LogP contribution in [0.25, 0.3) is 0 Å². The average Bonchev–Trinajstić information content (AvgIpc) is 2.76. The molecule has 7 heteroatoms. The molecule has 1 rings (SSSR count). The molecular formula is C11H14O5S2. The van der Waals surface area contributed by atoms with Crippen molar-refractivity contribution in [2.45, 2.75) is 25.6 Å². The summed E-state index contributed by atoms with van der Waals surface area (Å²) in [5.41, 5.74) is 0.387. The van der Waals surface area contributed by atoms with Crippen molar-refractivity contribution in [1.82, 2.24) is 0 Å². The van der Waals surface area contributed by atoms with Crippen LogP contribution in [0.3, 0.4) is 0 Å². The van der Waals surface area contributed by atoms with Crippen LogP contribution < -0.4 is 0 Å². The Morgan fingerprint density at radius 1 is 1.44 bits per heavy atom. The van der Waals surface area contributed by atoms with Crippen LogP contribution in [0.5, 0.6) is 0 Å². The summed E-state index contributed by atoms with van der Waals surface area (Å²) in [4.78, 5) is 21.5. The second-order valence-corrected chi connectivity index (χ2v) is 5.87. The third-order valence-electron chi connectivity index (χ3n) is 2.26. The van der Waals surface area contributed by atoms with Gasteiger partial charge in [0.15, 0.2) is 5.12 Å².